The molecule has 7 heteroatoms. The quantitative estimate of drug-likeness (QED) is 0.793. The second kappa shape index (κ2) is 9.46. The number of pyridine rings is 1. The molecule has 0 atom stereocenters. The molecular weight excluding hydrogens is 404 g/mol. The van der Waals surface area contributed by atoms with Gasteiger partial charge < -0.3 is 19.7 Å². The van der Waals surface area contributed by atoms with Crippen molar-refractivity contribution in [3.63, 3.8) is 0 Å². The Bertz CT molecular complexity index is 935. The number of para-hydroxylation sites is 1. The molecule has 0 radical (unpaired) electrons. The van der Waals surface area contributed by atoms with E-state index in [1.54, 1.807) is 0 Å². The number of carbonyl (C=O) groups is 1. The van der Waals surface area contributed by atoms with Gasteiger partial charge in [0.2, 0.25) is 0 Å². The Morgan fingerprint density at radius 1 is 1.03 bits per heavy atom. The molecule has 32 heavy (non-hydrogen) atoms. The van der Waals surface area contributed by atoms with E-state index in [0.717, 1.165) is 69.1 Å². The maximum absolute atomic E-state index is 13.2. The summed E-state index contributed by atoms with van der Waals surface area (Å²) in [6.45, 7) is 7.00. The van der Waals surface area contributed by atoms with Crippen LogP contribution in [0.25, 0.3) is 0 Å². The van der Waals surface area contributed by atoms with Crippen LogP contribution < -0.4 is 15.0 Å². The van der Waals surface area contributed by atoms with Crippen LogP contribution in [0.2, 0.25) is 0 Å². The van der Waals surface area contributed by atoms with Crippen molar-refractivity contribution >= 4 is 17.4 Å². The van der Waals surface area contributed by atoms with E-state index in [1.165, 1.54) is 0 Å². The van der Waals surface area contributed by atoms with E-state index < -0.39 is 0 Å². The number of fused-ring (bicyclic) bond motifs is 1. The van der Waals surface area contributed by atoms with E-state index in [1.807, 2.05) is 37.4 Å². The Morgan fingerprint density at radius 2 is 1.84 bits per heavy atom. The van der Waals surface area contributed by atoms with Crippen LogP contribution in [0.15, 0.2) is 36.5 Å². The number of anilines is 2. The third-order valence-corrected chi connectivity index (χ3v) is 6.86. The average molecular weight is 437 g/mol. The smallest absolute Gasteiger partial charge is 0.255 e. The highest BCUT2D eigenvalue weighted by molar-refractivity contribution is 5.99. The first kappa shape index (κ1) is 21.2. The topological polar surface area (TPSA) is 66.9 Å². The lowest BCUT2D eigenvalue weighted by Gasteiger charge is -2.39. The number of nitrogens with zero attached hydrogens (tertiary/aromatic N) is 3. The minimum atomic E-state index is -0.0459. The zero-order valence-corrected chi connectivity index (χ0v) is 18.8. The zero-order valence-electron chi connectivity index (χ0n) is 18.8. The second-order valence-corrected chi connectivity index (χ2v) is 8.97. The lowest BCUT2D eigenvalue weighted by Crippen LogP contribution is -2.47. The number of nitrogens with one attached hydrogen (secondary N) is 1. The van der Waals surface area contributed by atoms with Gasteiger partial charge in [0.1, 0.15) is 12.4 Å². The molecular formula is C25H32N4O3. The maximum Gasteiger partial charge on any atom is 0.255 e. The van der Waals surface area contributed by atoms with E-state index in [4.69, 9.17) is 9.47 Å². The molecule has 2 aromatic rings. The highest BCUT2D eigenvalue weighted by atomic mass is 16.5. The van der Waals surface area contributed by atoms with Crippen molar-refractivity contribution in [3.05, 3.63) is 47.7 Å². The number of hydrogen-bond acceptors (Lipinski definition) is 6. The lowest BCUT2D eigenvalue weighted by molar-refractivity contribution is 0.00664. The van der Waals surface area contributed by atoms with Crippen molar-refractivity contribution in [3.8, 4) is 5.75 Å². The van der Waals surface area contributed by atoms with Gasteiger partial charge in [0.15, 0.2) is 5.75 Å². The first-order valence-electron chi connectivity index (χ1n) is 11.8. The Hall–Kier alpha value is -2.64. The van der Waals surface area contributed by atoms with Gasteiger partial charge >= 0.3 is 0 Å². The number of benzene rings is 1. The molecule has 7 nitrogen and oxygen atoms in total. The number of aryl methyl sites for hydroxylation is 1. The molecule has 5 rings (SSSR count). The molecule has 2 fully saturated rings. The van der Waals surface area contributed by atoms with Crippen LogP contribution in [-0.4, -0.2) is 67.3 Å². The summed E-state index contributed by atoms with van der Waals surface area (Å²) in [6, 6.07) is 10.7. The molecule has 1 aromatic carbocycles. The monoisotopic (exact) mass is 436 g/mol. The zero-order chi connectivity index (χ0) is 21.9. The number of hydrogen-bond donors (Lipinski definition) is 1. The van der Waals surface area contributed by atoms with Crippen LogP contribution in [0.3, 0.4) is 0 Å². The van der Waals surface area contributed by atoms with Gasteiger partial charge in [-0.2, -0.15) is 0 Å². The Morgan fingerprint density at radius 3 is 2.59 bits per heavy atom. The van der Waals surface area contributed by atoms with Crippen molar-refractivity contribution in [2.45, 2.75) is 44.7 Å². The lowest BCUT2D eigenvalue weighted by atomic mass is 9.89. The second-order valence-electron chi connectivity index (χ2n) is 8.97. The van der Waals surface area contributed by atoms with Crippen LogP contribution in [0, 0.1) is 6.92 Å². The van der Waals surface area contributed by atoms with Gasteiger partial charge in [0, 0.05) is 31.4 Å². The molecule has 0 unspecified atom stereocenters. The van der Waals surface area contributed by atoms with Crippen LogP contribution in [-0.2, 0) is 4.74 Å². The molecule has 170 valence electrons. The SMILES string of the molecule is Cc1ccc(N2CCOc3c(C(=O)NC4CCC(N5CCOCC5)CC4)cccc32)nc1. The highest BCUT2D eigenvalue weighted by Crippen LogP contribution is 2.38. The van der Waals surface area contributed by atoms with Gasteiger partial charge in [-0.3, -0.25) is 9.69 Å². The molecule has 1 N–H and O–H groups in total. The Balaban J connectivity index is 1.26. The van der Waals surface area contributed by atoms with Crippen molar-refractivity contribution < 1.29 is 14.3 Å². The van der Waals surface area contributed by atoms with Crippen molar-refractivity contribution in [1.29, 1.82) is 0 Å². The van der Waals surface area contributed by atoms with Gasteiger partial charge in [0.05, 0.1) is 31.0 Å². The van der Waals surface area contributed by atoms with E-state index in [2.05, 4.69) is 26.2 Å². The molecule has 1 aliphatic carbocycles. The molecule has 0 spiro atoms. The largest absolute Gasteiger partial charge is 0.489 e. The number of rotatable bonds is 4. The van der Waals surface area contributed by atoms with Gasteiger partial charge in [-0.15, -0.1) is 0 Å². The van der Waals surface area contributed by atoms with Gasteiger partial charge in [-0.05, 0) is 56.4 Å². The van der Waals surface area contributed by atoms with Crippen molar-refractivity contribution in [1.82, 2.24) is 15.2 Å². The molecule has 1 saturated heterocycles. The van der Waals surface area contributed by atoms with Crippen molar-refractivity contribution in [2.24, 2.45) is 0 Å². The summed E-state index contributed by atoms with van der Waals surface area (Å²) in [5.41, 5.74) is 2.63. The highest BCUT2D eigenvalue weighted by Gasteiger charge is 2.30. The van der Waals surface area contributed by atoms with Crippen LogP contribution in [0.5, 0.6) is 5.75 Å². The molecule has 0 bridgehead atoms. The summed E-state index contributed by atoms with van der Waals surface area (Å²) in [5, 5.41) is 3.27. The molecule has 3 heterocycles. The predicted molar refractivity (Wildman–Crippen MR) is 124 cm³/mol. The summed E-state index contributed by atoms with van der Waals surface area (Å²) in [4.78, 5) is 22.5. The molecule has 3 aliphatic rings. The average Bonchev–Trinajstić information content (AvgIpc) is 2.85. The number of aromatic nitrogens is 1. The van der Waals surface area contributed by atoms with E-state index in [9.17, 15) is 4.79 Å². The van der Waals surface area contributed by atoms with Gasteiger partial charge in [-0.1, -0.05) is 12.1 Å². The molecule has 1 saturated carbocycles. The summed E-state index contributed by atoms with van der Waals surface area (Å²) in [5.74, 6) is 1.48. The number of carbonyl (C=O) groups excluding carboxylic acids is 1. The summed E-state index contributed by atoms with van der Waals surface area (Å²) in [7, 11) is 0. The third kappa shape index (κ3) is 4.45. The summed E-state index contributed by atoms with van der Waals surface area (Å²) < 4.78 is 11.5. The normalized spacial score (nSPS) is 23.8. The number of ether oxygens (including phenoxy) is 2. The Kier molecular flexibility index (Phi) is 6.28. The van der Waals surface area contributed by atoms with E-state index in [-0.39, 0.29) is 11.9 Å². The van der Waals surface area contributed by atoms with Crippen LogP contribution >= 0.6 is 0 Å². The number of morpholine rings is 1. The first-order valence-corrected chi connectivity index (χ1v) is 11.8. The third-order valence-electron chi connectivity index (χ3n) is 6.86. The first-order chi connectivity index (χ1) is 15.7. The van der Waals surface area contributed by atoms with Crippen LogP contribution in [0.1, 0.15) is 41.6 Å². The summed E-state index contributed by atoms with van der Waals surface area (Å²) in [6.07, 6.45) is 6.16. The predicted octanol–water partition coefficient (Wildman–Crippen LogP) is 3.29. The van der Waals surface area contributed by atoms with Gasteiger partial charge in [0.25, 0.3) is 5.91 Å². The minimum Gasteiger partial charge on any atom is -0.489 e. The van der Waals surface area contributed by atoms with E-state index >= 15 is 0 Å². The molecule has 1 amide bonds. The van der Waals surface area contributed by atoms with E-state index in [0.29, 0.717) is 30.5 Å². The maximum atomic E-state index is 13.2. The van der Waals surface area contributed by atoms with Gasteiger partial charge in [-0.25, -0.2) is 4.98 Å². The summed E-state index contributed by atoms with van der Waals surface area (Å²) >= 11 is 0. The minimum absolute atomic E-state index is 0.0459. The number of amides is 1. The molecule has 1 aromatic heterocycles. The Labute approximate surface area is 189 Å². The fourth-order valence-electron chi connectivity index (χ4n) is 5.08. The molecule has 2 aliphatic heterocycles. The van der Waals surface area contributed by atoms with Crippen molar-refractivity contribution in [2.75, 3.05) is 44.4 Å². The standard InChI is InChI=1S/C25H32N4O3/c1-18-5-10-23(26-17-18)29-13-16-32-24-21(3-2-4-22(24)29)25(30)27-19-6-8-20(9-7-19)28-11-14-31-15-12-28/h2-5,10,17,19-20H,6-9,11-16H2,1H3,(H,27,30). The fourth-order valence-corrected chi connectivity index (χ4v) is 5.08. The fraction of sp³-hybridized carbons (Fsp3) is 0.520. The van der Waals surface area contributed by atoms with Crippen LogP contribution in [0.4, 0.5) is 11.5 Å².